The van der Waals surface area contributed by atoms with Crippen LogP contribution in [0.25, 0.3) is 10.1 Å². The highest BCUT2D eigenvalue weighted by Gasteiger charge is 2.14. The fraction of sp³-hybridized carbons (Fsp3) is 0.182. The van der Waals surface area contributed by atoms with Crippen molar-refractivity contribution < 1.29 is 14.6 Å². The highest BCUT2D eigenvalue weighted by Crippen LogP contribution is 2.33. The molecule has 0 fully saturated rings. The standard InChI is InChI=1S/C11H10O3S/c1-2-14-10-7-5-6-15-9(7)4-3-8(10)11(12)13/h3-6H,2H2,1H3,(H,12,13). The van der Waals surface area contributed by atoms with Gasteiger partial charge in [0.2, 0.25) is 0 Å². The summed E-state index contributed by atoms with van der Waals surface area (Å²) < 4.78 is 6.44. The van der Waals surface area contributed by atoms with Crippen molar-refractivity contribution in [3.05, 3.63) is 29.1 Å². The van der Waals surface area contributed by atoms with Crippen molar-refractivity contribution in [2.45, 2.75) is 6.92 Å². The third kappa shape index (κ3) is 1.68. The molecule has 1 aromatic carbocycles. The van der Waals surface area contributed by atoms with E-state index in [1.165, 1.54) is 0 Å². The minimum absolute atomic E-state index is 0.225. The first kappa shape index (κ1) is 9.98. The second-order valence-electron chi connectivity index (χ2n) is 3.01. The quantitative estimate of drug-likeness (QED) is 0.868. The molecule has 0 bridgehead atoms. The van der Waals surface area contributed by atoms with E-state index in [4.69, 9.17) is 9.84 Å². The van der Waals surface area contributed by atoms with Gasteiger partial charge >= 0.3 is 5.97 Å². The van der Waals surface area contributed by atoms with Gasteiger partial charge in [-0.2, -0.15) is 0 Å². The molecule has 0 aliphatic carbocycles. The van der Waals surface area contributed by atoms with Crippen LogP contribution in [0.3, 0.4) is 0 Å². The lowest BCUT2D eigenvalue weighted by molar-refractivity contribution is 0.0693. The Balaban J connectivity index is 2.69. The number of carbonyl (C=O) groups is 1. The summed E-state index contributed by atoms with van der Waals surface area (Å²) in [5.74, 6) is -0.477. The SMILES string of the molecule is CCOc1c(C(=O)O)ccc2sccc12. The molecule has 2 aromatic rings. The van der Waals surface area contributed by atoms with E-state index in [1.54, 1.807) is 17.4 Å². The number of hydrogen-bond acceptors (Lipinski definition) is 3. The number of thiophene rings is 1. The number of carboxylic acids is 1. The van der Waals surface area contributed by atoms with Gasteiger partial charge in [-0.3, -0.25) is 0 Å². The number of carboxylic acid groups (broad SMARTS) is 1. The van der Waals surface area contributed by atoms with Gasteiger partial charge in [0, 0.05) is 10.1 Å². The van der Waals surface area contributed by atoms with Gasteiger partial charge in [-0.1, -0.05) is 0 Å². The molecule has 2 rings (SSSR count). The molecule has 1 N–H and O–H groups in total. The van der Waals surface area contributed by atoms with Gasteiger partial charge < -0.3 is 9.84 Å². The Kier molecular flexibility index (Phi) is 2.60. The number of rotatable bonds is 3. The summed E-state index contributed by atoms with van der Waals surface area (Å²) in [7, 11) is 0. The van der Waals surface area contributed by atoms with Crippen LogP contribution in [0, 0.1) is 0 Å². The molecule has 1 aromatic heterocycles. The monoisotopic (exact) mass is 222 g/mol. The number of ether oxygens (including phenoxy) is 1. The van der Waals surface area contributed by atoms with Crippen LogP contribution in [-0.2, 0) is 0 Å². The van der Waals surface area contributed by atoms with E-state index in [1.807, 2.05) is 24.4 Å². The molecule has 78 valence electrons. The zero-order valence-electron chi connectivity index (χ0n) is 8.19. The summed E-state index contributed by atoms with van der Waals surface area (Å²) in [5, 5.41) is 11.8. The topological polar surface area (TPSA) is 46.5 Å². The van der Waals surface area contributed by atoms with Crippen molar-refractivity contribution in [3.63, 3.8) is 0 Å². The lowest BCUT2D eigenvalue weighted by atomic mass is 10.1. The van der Waals surface area contributed by atoms with Crippen LogP contribution in [0.4, 0.5) is 0 Å². The first-order valence-corrected chi connectivity index (χ1v) is 5.48. The maximum Gasteiger partial charge on any atom is 0.339 e. The first-order chi connectivity index (χ1) is 7.24. The van der Waals surface area contributed by atoms with Crippen LogP contribution in [0.15, 0.2) is 23.6 Å². The van der Waals surface area contributed by atoms with Crippen molar-refractivity contribution in [3.8, 4) is 5.75 Å². The third-order valence-electron chi connectivity index (χ3n) is 2.10. The molecule has 15 heavy (non-hydrogen) atoms. The number of hydrogen-bond donors (Lipinski definition) is 1. The van der Waals surface area contributed by atoms with Crippen LogP contribution in [0.5, 0.6) is 5.75 Å². The second kappa shape index (κ2) is 3.90. The average molecular weight is 222 g/mol. The number of fused-ring (bicyclic) bond motifs is 1. The highest BCUT2D eigenvalue weighted by molar-refractivity contribution is 7.17. The lowest BCUT2D eigenvalue weighted by Gasteiger charge is -2.08. The average Bonchev–Trinajstić information content (AvgIpc) is 2.66. The van der Waals surface area contributed by atoms with E-state index in [0.717, 1.165) is 10.1 Å². The second-order valence-corrected chi connectivity index (χ2v) is 3.96. The van der Waals surface area contributed by atoms with Gasteiger partial charge in [-0.25, -0.2) is 4.79 Å². The summed E-state index contributed by atoms with van der Waals surface area (Å²) >= 11 is 1.57. The molecular formula is C11H10O3S. The molecule has 0 aliphatic heterocycles. The summed E-state index contributed by atoms with van der Waals surface area (Å²) in [5.41, 5.74) is 0.225. The molecule has 4 heteroatoms. The molecule has 1 heterocycles. The van der Waals surface area contributed by atoms with Crippen LogP contribution in [0.2, 0.25) is 0 Å². The van der Waals surface area contributed by atoms with Crippen LogP contribution in [0.1, 0.15) is 17.3 Å². The van der Waals surface area contributed by atoms with E-state index in [0.29, 0.717) is 12.4 Å². The third-order valence-corrected chi connectivity index (χ3v) is 2.99. The fourth-order valence-electron chi connectivity index (χ4n) is 1.49. The molecule has 0 radical (unpaired) electrons. The number of aromatic carboxylic acids is 1. The van der Waals surface area contributed by atoms with E-state index in [-0.39, 0.29) is 5.56 Å². The fourth-order valence-corrected chi connectivity index (χ4v) is 2.27. The Morgan fingerprint density at radius 3 is 2.93 bits per heavy atom. The van der Waals surface area contributed by atoms with E-state index >= 15 is 0 Å². The predicted molar refractivity (Wildman–Crippen MR) is 60.0 cm³/mol. The maximum atomic E-state index is 11.0. The Labute approximate surface area is 90.9 Å². The van der Waals surface area contributed by atoms with Crippen LogP contribution < -0.4 is 4.74 Å². The summed E-state index contributed by atoms with van der Waals surface area (Å²) in [6.07, 6.45) is 0. The summed E-state index contributed by atoms with van der Waals surface area (Å²) in [4.78, 5) is 11.0. The van der Waals surface area contributed by atoms with Crippen LogP contribution >= 0.6 is 11.3 Å². The Hall–Kier alpha value is -1.55. The predicted octanol–water partition coefficient (Wildman–Crippen LogP) is 3.00. The number of benzene rings is 1. The van der Waals surface area contributed by atoms with Crippen molar-refractivity contribution in [2.24, 2.45) is 0 Å². The summed E-state index contributed by atoms with van der Waals surface area (Å²) in [6, 6.07) is 5.29. The lowest BCUT2D eigenvalue weighted by Crippen LogP contribution is -2.02. The van der Waals surface area contributed by atoms with Gasteiger partial charge in [-0.05, 0) is 30.5 Å². The Morgan fingerprint density at radius 1 is 1.47 bits per heavy atom. The Bertz CT molecular complexity index is 502. The van der Waals surface area contributed by atoms with Gasteiger partial charge in [-0.15, -0.1) is 11.3 Å². The van der Waals surface area contributed by atoms with Crippen molar-refractivity contribution in [2.75, 3.05) is 6.61 Å². The van der Waals surface area contributed by atoms with E-state index in [2.05, 4.69) is 0 Å². The normalized spacial score (nSPS) is 10.5. The molecule has 0 aliphatic rings. The van der Waals surface area contributed by atoms with Crippen molar-refractivity contribution in [1.82, 2.24) is 0 Å². The minimum Gasteiger partial charge on any atom is -0.492 e. The van der Waals surface area contributed by atoms with E-state index < -0.39 is 5.97 Å². The zero-order valence-corrected chi connectivity index (χ0v) is 9.00. The summed E-state index contributed by atoms with van der Waals surface area (Å²) in [6.45, 7) is 2.31. The molecule has 0 atom stereocenters. The molecule has 0 unspecified atom stereocenters. The maximum absolute atomic E-state index is 11.0. The smallest absolute Gasteiger partial charge is 0.339 e. The molecule has 0 saturated carbocycles. The molecule has 0 amide bonds. The van der Waals surface area contributed by atoms with Gasteiger partial charge in [0.1, 0.15) is 11.3 Å². The first-order valence-electron chi connectivity index (χ1n) is 4.60. The van der Waals surface area contributed by atoms with Crippen LogP contribution in [-0.4, -0.2) is 17.7 Å². The minimum atomic E-state index is -0.952. The Morgan fingerprint density at radius 2 is 2.27 bits per heavy atom. The van der Waals surface area contributed by atoms with Crippen molar-refractivity contribution in [1.29, 1.82) is 0 Å². The van der Waals surface area contributed by atoms with Gasteiger partial charge in [0.25, 0.3) is 0 Å². The van der Waals surface area contributed by atoms with Gasteiger partial charge in [0.05, 0.1) is 6.61 Å². The largest absolute Gasteiger partial charge is 0.492 e. The molecule has 0 spiro atoms. The van der Waals surface area contributed by atoms with E-state index in [9.17, 15) is 4.79 Å². The van der Waals surface area contributed by atoms with Crippen molar-refractivity contribution >= 4 is 27.4 Å². The highest BCUT2D eigenvalue weighted by atomic mass is 32.1. The zero-order chi connectivity index (χ0) is 10.8. The molecule has 0 saturated heterocycles. The van der Waals surface area contributed by atoms with Gasteiger partial charge in [0.15, 0.2) is 0 Å². The molecular weight excluding hydrogens is 212 g/mol. The molecule has 3 nitrogen and oxygen atoms in total.